The summed E-state index contributed by atoms with van der Waals surface area (Å²) in [4.78, 5) is 12.3. The Morgan fingerprint density at radius 1 is 1.20 bits per heavy atom. The third-order valence-electron chi connectivity index (χ3n) is 3.45. The number of ether oxygens (including phenoxy) is 1. The van der Waals surface area contributed by atoms with Gasteiger partial charge in [-0.05, 0) is 37.0 Å². The van der Waals surface area contributed by atoms with Crippen molar-refractivity contribution in [2.75, 3.05) is 0 Å². The van der Waals surface area contributed by atoms with Crippen molar-refractivity contribution in [2.45, 2.75) is 25.9 Å². The second kappa shape index (κ2) is 4.98. The van der Waals surface area contributed by atoms with Crippen LogP contribution in [0, 0.1) is 0 Å². The Morgan fingerprint density at radius 2 is 2.15 bits per heavy atom. The highest BCUT2D eigenvalue weighted by molar-refractivity contribution is 7.19. The van der Waals surface area contributed by atoms with Crippen molar-refractivity contribution in [3.05, 3.63) is 38.1 Å². The Balaban J connectivity index is 1.69. The number of aromatic nitrogens is 2. The van der Waals surface area contributed by atoms with Gasteiger partial charge in [0.1, 0.15) is 17.8 Å². The van der Waals surface area contributed by atoms with Crippen LogP contribution in [0.1, 0.15) is 21.7 Å². The smallest absolute Gasteiger partial charge is 0.226 e. The third-order valence-corrected chi connectivity index (χ3v) is 5.85. The van der Waals surface area contributed by atoms with Gasteiger partial charge in [0.2, 0.25) is 5.88 Å². The first kappa shape index (κ1) is 12.6. The molecule has 20 heavy (non-hydrogen) atoms. The number of aryl methyl sites for hydroxylation is 2. The molecule has 0 aromatic carbocycles. The monoisotopic (exact) mass is 322 g/mol. The Bertz CT molecular complexity index is 781. The normalized spacial score (nSPS) is 13.8. The fourth-order valence-corrected chi connectivity index (χ4v) is 4.80. The Morgan fingerprint density at radius 3 is 3.00 bits per heavy atom. The van der Waals surface area contributed by atoms with Crippen molar-refractivity contribution in [1.82, 2.24) is 9.97 Å². The summed E-state index contributed by atoms with van der Waals surface area (Å²) in [5.41, 5.74) is 1.39. The van der Waals surface area contributed by atoms with Crippen LogP contribution < -0.4 is 4.74 Å². The van der Waals surface area contributed by atoms with E-state index in [0.29, 0.717) is 12.5 Å². The minimum absolute atomic E-state index is 0.508. The molecule has 3 heterocycles. The van der Waals surface area contributed by atoms with E-state index in [-0.39, 0.29) is 0 Å². The maximum atomic E-state index is 5.94. The summed E-state index contributed by atoms with van der Waals surface area (Å²) in [7, 11) is 0. The van der Waals surface area contributed by atoms with Gasteiger partial charge in [-0.15, -0.1) is 22.7 Å². The SMILES string of the molecule is Clc1ccc(COc2ncnc3sc4c(c23)CCC4)s1. The van der Waals surface area contributed by atoms with Gasteiger partial charge in [-0.3, -0.25) is 0 Å². The predicted octanol–water partition coefficient (Wildman–Crippen LogP) is 4.47. The second-order valence-electron chi connectivity index (χ2n) is 4.71. The molecule has 6 heteroatoms. The summed E-state index contributed by atoms with van der Waals surface area (Å²) >= 11 is 9.25. The van der Waals surface area contributed by atoms with Crippen molar-refractivity contribution >= 4 is 44.5 Å². The number of halogens is 1. The highest BCUT2D eigenvalue weighted by Crippen LogP contribution is 2.40. The molecular weight excluding hydrogens is 312 g/mol. The number of fused-ring (bicyclic) bond motifs is 3. The minimum Gasteiger partial charge on any atom is -0.471 e. The van der Waals surface area contributed by atoms with Gasteiger partial charge in [0.15, 0.2) is 0 Å². The van der Waals surface area contributed by atoms with Crippen LogP contribution >= 0.6 is 34.3 Å². The second-order valence-corrected chi connectivity index (χ2v) is 7.59. The quantitative estimate of drug-likeness (QED) is 0.713. The summed E-state index contributed by atoms with van der Waals surface area (Å²) in [6.45, 7) is 0.508. The summed E-state index contributed by atoms with van der Waals surface area (Å²) in [5.74, 6) is 0.707. The number of rotatable bonds is 3. The number of hydrogen-bond donors (Lipinski definition) is 0. The average molecular weight is 323 g/mol. The van der Waals surface area contributed by atoms with Gasteiger partial charge in [0.25, 0.3) is 0 Å². The molecule has 1 aliphatic rings. The van der Waals surface area contributed by atoms with Crippen molar-refractivity contribution in [3.63, 3.8) is 0 Å². The standard InChI is InChI=1S/C14H11ClN2OS2/c15-11-5-4-8(19-11)6-18-13-12-9-2-1-3-10(9)20-14(12)17-7-16-13/h4-5,7H,1-3,6H2. The summed E-state index contributed by atoms with van der Waals surface area (Å²) in [6, 6.07) is 3.88. The van der Waals surface area contributed by atoms with Crippen LogP contribution in [0.15, 0.2) is 18.5 Å². The molecule has 0 bridgehead atoms. The molecule has 0 saturated carbocycles. The fourth-order valence-electron chi connectivity index (χ4n) is 2.58. The molecule has 102 valence electrons. The topological polar surface area (TPSA) is 35.0 Å². The maximum Gasteiger partial charge on any atom is 0.226 e. The Hall–Kier alpha value is -1.17. The van der Waals surface area contributed by atoms with Gasteiger partial charge in [-0.2, -0.15) is 0 Å². The van der Waals surface area contributed by atoms with E-state index in [0.717, 1.165) is 32.3 Å². The molecule has 4 rings (SSSR count). The van der Waals surface area contributed by atoms with Crippen LogP contribution in [0.3, 0.4) is 0 Å². The summed E-state index contributed by atoms with van der Waals surface area (Å²) in [5, 5.41) is 1.12. The van der Waals surface area contributed by atoms with Crippen LogP contribution in [-0.4, -0.2) is 9.97 Å². The average Bonchev–Trinajstić information content (AvgIpc) is 3.11. The molecule has 0 atom stereocenters. The van der Waals surface area contributed by atoms with Gasteiger partial charge < -0.3 is 4.74 Å². The zero-order valence-corrected chi connectivity index (χ0v) is 12.9. The van der Waals surface area contributed by atoms with E-state index in [1.54, 1.807) is 17.7 Å². The molecule has 0 fully saturated rings. The summed E-state index contributed by atoms with van der Waals surface area (Å²) < 4.78 is 6.69. The minimum atomic E-state index is 0.508. The van der Waals surface area contributed by atoms with E-state index in [9.17, 15) is 0 Å². The largest absolute Gasteiger partial charge is 0.471 e. The molecule has 3 nitrogen and oxygen atoms in total. The molecule has 3 aromatic heterocycles. The lowest BCUT2D eigenvalue weighted by atomic mass is 10.2. The molecule has 0 aliphatic heterocycles. The number of nitrogens with zero attached hydrogens (tertiary/aromatic N) is 2. The molecule has 0 saturated heterocycles. The van der Waals surface area contributed by atoms with Gasteiger partial charge in [-0.1, -0.05) is 11.6 Å². The molecule has 0 unspecified atom stereocenters. The first-order chi connectivity index (χ1) is 9.81. The molecule has 0 N–H and O–H groups in total. The number of hydrogen-bond acceptors (Lipinski definition) is 5. The van der Waals surface area contributed by atoms with Crippen molar-refractivity contribution in [3.8, 4) is 5.88 Å². The zero-order valence-electron chi connectivity index (χ0n) is 10.6. The van der Waals surface area contributed by atoms with E-state index in [1.807, 2.05) is 12.1 Å². The van der Waals surface area contributed by atoms with Gasteiger partial charge in [-0.25, -0.2) is 9.97 Å². The van der Waals surface area contributed by atoms with Gasteiger partial charge >= 0.3 is 0 Å². The van der Waals surface area contributed by atoms with Crippen LogP contribution in [0.2, 0.25) is 4.34 Å². The summed E-state index contributed by atoms with van der Waals surface area (Å²) in [6.07, 6.45) is 5.09. The van der Waals surface area contributed by atoms with E-state index >= 15 is 0 Å². The van der Waals surface area contributed by atoms with Crippen LogP contribution in [-0.2, 0) is 19.4 Å². The highest BCUT2D eigenvalue weighted by Gasteiger charge is 2.21. The van der Waals surface area contributed by atoms with Gasteiger partial charge in [0, 0.05) is 9.75 Å². The Labute approximate surface area is 129 Å². The molecule has 0 spiro atoms. The Kier molecular flexibility index (Phi) is 3.13. The van der Waals surface area contributed by atoms with Gasteiger partial charge in [0.05, 0.1) is 9.72 Å². The number of thiophene rings is 2. The van der Waals surface area contributed by atoms with E-state index < -0.39 is 0 Å². The first-order valence-electron chi connectivity index (χ1n) is 6.43. The fraction of sp³-hybridized carbons (Fsp3) is 0.286. The molecule has 1 aliphatic carbocycles. The third kappa shape index (κ3) is 2.10. The van der Waals surface area contributed by atoms with E-state index in [1.165, 1.54) is 28.2 Å². The lowest BCUT2D eigenvalue weighted by Gasteiger charge is -2.05. The maximum absolute atomic E-state index is 5.94. The first-order valence-corrected chi connectivity index (χ1v) is 8.44. The highest BCUT2D eigenvalue weighted by atomic mass is 35.5. The molecular formula is C14H11ClN2OS2. The van der Waals surface area contributed by atoms with E-state index in [4.69, 9.17) is 16.3 Å². The molecule has 0 radical (unpaired) electrons. The lowest BCUT2D eigenvalue weighted by Crippen LogP contribution is -1.97. The lowest BCUT2D eigenvalue weighted by molar-refractivity contribution is 0.301. The molecule has 3 aromatic rings. The van der Waals surface area contributed by atoms with Crippen molar-refractivity contribution in [1.29, 1.82) is 0 Å². The van der Waals surface area contributed by atoms with E-state index in [2.05, 4.69) is 9.97 Å². The van der Waals surface area contributed by atoms with Crippen LogP contribution in [0.25, 0.3) is 10.2 Å². The van der Waals surface area contributed by atoms with Crippen molar-refractivity contribution < 1.29 is 4.74 Å². The van der Waals surface area contributed by atoms with Crippen LogP contribution in [0.4, 0.5) is 0 Å². The van der Waals surface area contributed by atoms with Crippen molar-refractivity contribution in [2.24, 2.45) is 0 Å². The van der Waals surface area contributed by atoms with Crippen LogP contribution in [0.5, 0.6) is 5.88 Å². The zero-order chi connectivity index (χ0) is 13.5. The predicted molar refractivity (Wildman–Crippen MR) is 83.1 cm³/mol. The molecule has 0 amide bonds.